The minimum Gasteiger partial charge on any atom is -0.336 e. The maximum atomic E-state index is 4.57. The highest BCUT2D eigenvalue weighted by molar-refractivity contribution is 8.00. The molecule has 0 radical (unpaired) electrons. The number of hydrogen-bond acceptors (Lipinski definition) is 4. The van der Waals surface area contributed by atoms with Crippen molar-refractivity contribution < 1.29 is 0 Å². The summed E-state index contributed by atoms with van der Waals surface area (Å²) in [4.78, 5) is 5.91. The van der Waals surface area contributed by atoms with E-state index in [0.29, 0.717) is 4.75 Å². The molecule has 2 aromatic rings. The van der Waals surface area contributed by atoms with E-state index in [9.17, 15) is 0 Å². The number of imidazole rings is 1. The third-order valence-corrected chi connectivity index (χ3v) is 6.88. The van der Waals surface area contributed by atoms with Crippen LogP contribution in [0.15, 0.2) is 29.9 Å². The van der Waals surface area contributed by atoms with Crippen molar-refractivity contribution in [2.75, 3.05) is 12.8 Å². The van der Waals surface area contributed by atoms with Crippen LogP contribution in [-0.4, -0.2) is 27.1 Å². The Morgan fingerprint density at radius 2 is 2.29 bits per heavy atom. The minimum absolute atomic E-state index is 0.203. The molecule has 2 aromatic heterocycles. The first-order valence-electron chi connectivity index (χ1n) is 7.53. The van der Waals surface area contributed by atoms with Gasteiger partial charge in [0.1, 0.15) is 11.9 Å². The normalized spacial score (nSPS) is 19.0. The second-order valence-electron chi connectivity index (χ2n) is 5.82. The third kappa shape index (κ3) is 3.20. The van der Waals surface area contributed by atoms with E-state index in [-0.39, 0.29) is 6.04 Å². The SMILES string of the molecule is CSC1(CNC(c2cccs2)c2nccn2C)CCCC1. The molecule has 1 unspecified atom stereocenters. The second-order valence-corrected chi connectivity index (χ2v) is 8.07. The molecule has 0 saturated heterocycles. The summed E-state index contributed by atoms with van der Waals surface area (Å²) in [5.74, 6) is 1.10. The van der Waals surface area contributed by atoms with Gasteiger partial charge in [0.05, 0.1) is 0 Å². The summed E-state index contributed by atoms with van der Waals surface area (Å²) in [7, 11) is 2.07. The van der Waals surface area contributed by atoms with Crippen molar-refractivity contribution in [3.05, 3.63) is 40.6 Å². The molecule has 0 aliphatic heterocycles. The molecule has 1 aliphatic carbocycles. The Bertz CT molecular complexity index is 556. The molecule has 1 saturated carbocycles. The largest absolute Gasteiger partial charge is 0.336 e. The van der Waals surface area contributed by atoms with Crippen LogP contribution < -0.4 is 5.32 Å². The van der Waals surface area contributed by atoms with Crippen molar-refractivity contribution in [3.63, 3.8) is 0 Å². The lowest BCUT2D eigenvalue weighted by Crippen LogP contribution is -2.38. The van der Waals surface area contributed by atoms with E-state index in [1.165, 1.54) is 30.6 Å². The Labute approximate surface area is 135 Å². The summed E-state index contributed by atoms with van der Waals surface area (Å²) >= 11 is 3.84. The van der Waals surface area contributed by atoms with Crippen LogP contribution in [-0.2, 0) is 7.05 Å². The van der Waals surface area contributed by atoms with Gasteiger partial charge in [0.2, 0.25) is 0 Å². The van der Waals surface area contributed by atoms with Crippen molar-refractivity contribution in [3.8, 4) is 0 Å². The first kappa shape index (κ1) is 15.1. The lowest BCUT2D eigenvalue weighted by Gasteiger charge is -2.29. The number of aromatic nitrogens is 2. The van der Waals surface area contributed by atoms with Crippen LogP contribution in [0.3, 0.4) is 0 Å². The van der Waals surface area contributed by atoms with Gasteiger partial charge in [-0.1, -0.05) is 18.9 Å². The fraction of sp³-hybridized carbons (Fsp3) is 0.562. The van der Waals surface area contributed by atoms with Gasteiger partial charge in [-0.3, -0.25) is 0 Å². The Morgan fingerprint density at radius 3 is 2.86 bits per heavy atom. The molecule has 1 aliphatic rings. The van der Waals surface area contributed by atoms with Gasteiger partial charge in [0.15, 0.2) is 0 Å². The zero-order valence-corrected chi connectivity index (χ0v) is 14.3. The van der Waals surface area contributed by atoms with Gasteiger partial charge in [-0.25, -0.2) is 4.98 Å². The molecule has 21 heavy (non-hydrogen) atoms. The molecule has 1 N–H and O–H groups in total. The minimum atomic E-state index is 0.203. The van der Waals surface area contributed by atoms with Crippen LogP contribution in [0.5, 0.6) is 0 Å². The van der Waals surface area contributed by atoms with Gasteiger partial charge in [0, 0.05) is 35.6 Å². The summed E-state index contributed by atoms with van der Waals surface area (Å²) in [5, 5.41) is 5.95. The van der Waals surface area contributed by atoms with E-state index in [2.05, 4.69) is 45.7 Å². The molecule has 0 amide bonds. The average molecular weight is 322 g/mol. The molecule has 5 heteroatoms. The number of rotatable bonds is 6. The van der Waals surface area contributed by atoms with Gasteiger partial charge in [-0.2, -0.15) is 11.8 Å². The van der Waals surface area contributed by atoms with Gasteiger partial charge in [0.25, 0.3) is 0 Å². The smallest absolute Gasteiger partial charge is 0.131 e. The number of thioether (sulfide) groups is 1. The highest BCUT2D eigenvalue weighted by atomic mass is 32.2. The van der Waals surface area contributed by atoms with Crippen molar-refractivity contribution in [1.82, 2.24) is 14.9 Å². The standard InChI is InChI=1S/C16H23N3S2/c1-19-10-9-17-15(19)14(13-6-5-11-21-13)18-12-16(20-2)7-3-4-8-16/h5-6,9-11,14,18H,3-4,7-8,12H2,1-2H3. The lowest BCUT2D eigenvalue weighted by atomic mass is 10.1. The molecule has 114 valence electrons. The van der Waals surface area contributed by atoms with Crippen LogP contribution in [0, 0.1) is 0 Å². The third-order valence-electron chi connectivity index (χ3n) is 4.52. The number of hydrogen-bond donors (Lipinski definition) is 1. The monoisotopic (exact) mass is 321 g/mol. The number of thiophene rings is 1. The topological polar surface area (TPSA) is 29.9 Å². The number of nitrogens with zero attached hydrogens (tertiary/aromatic N) is 2. The molecule has 0 bridgehead atoms. The summed E-state index contributed by atoms with van der Waals surface area (Å²) in [6.45, 7) is 1.06. The molecular weight excluding hydrogens is 298 g/mol. The lowest BCUT2D eigenvalue weighted by molar-refractivity contribution is 0.486. The zero-order valence-electron chi connectivity index (χ0n) is 12.7. The van der Waals surface area contributed by atoms with Gasteiger partial charge < -0.3 is 9.88 Å². The molecule has 1 fully saturated rings. The van der Waals surface area contributed by atoms with Crippen molar-refractivity contribution in [1.29, 1.82) is 0 Å². The van der Waals surface area contributed by atoms with Gasteiger partial charge >= 0.3 is 0 Å². The highest BCUT2D eigenvalue weighted by Gasteiger charge is 2.34. The Morgan fingerprint density at radius 1 is 1.48 bits per heavy atom. The molecule has 0 spiro atoms. The van der Waals surface area contributed by atoms with Crippen LogP contribution in [0.25, 0.3) is 0 Å². The van der Waals surface area contributed by atoms with Gasteiger partial charge in [-0.05, 0) is 30.5 Å². The van der Waals surface area contributed by atoms with Crippen molar-refractivity contribution in [2.45, 2.75) is 36.5 Å². The second kappa shape index (κ2) is 6.55. The Balaban J connectivity index is 1.79. The van der Waals surface area contributed by atoms with E-state index >= 15 is 0 Å². The van der Waals surface area contributed by atoms with Gasteiger partial charge in [-0.15, -0.1) is 11.3 Å². The molecule has 0 aromatic carbocycles. The summed E-state index contributed by atoms with van der Waals surface area (Å²) in [6.07, 6.45) is 11.6. The van der Waals surface area contributed by atoms with Crippen LogP contribution >= 0.6 is 23.1 Å². The van der Waals surface area contributed by atoms with E-state index in [1.807, 2.05) is 24.2 Å². The number of nitrogens with one attached hydrogen (secondary N) is 1. The first-order valence-corrected chi connectivity index (χ1v) is 9.64. The van der Waals surface area contributed by atoms with Crippen molar-refractivity contribution in [2.24, 2.45) is 7.05 Å². The molecule has 3 nitrogen and oxygen atoms in total. The fourth-order valence-electron chi connectivity index (χ4n) is 3.19. The maximum Gasteiger partial charge on any atom is 0.131 e. The molecule has 2 heterocycles. The number of aryl methyl sites for hydroxylation is 1. The fourth-order valence-corrected chi connectivity index (χ4v) is 4.91. The van der Waals surface area contributed by atoms with Crippen LogP contribution in [0.2, 0.25) is 0 Å². The summed E-state index contributed by atoms with van der Waals surface area (Å²) < 4.78 is 2.54. The quantitative estimate of drug-likeness (QED) is 0.877. The predicted octanol–water partition coefficient (Wildman–Crippen LogP) is 3.84. The van der Waals surface area contributed by atoms with E-state index < -0.39 is 0 Å². The van der Waals surface area contributed by atoms with E-state index in [4.69, 9.17) is 0 Å². The predicted molar refractivity (Wildman–Crippen MR) is 92.1 cm³/mol. The molecule has 1 atom stereocenters. The average Bonchev–Trinajstić information content (AvgIpc) is 3.22. The van der Waals surface area contributed by atoms with E-state index in [1.54, 1.807) is 11.3 Å². The van der Waals surface area contributed by atoms with Crippen LogP contribution in [0.4, 0.5) is 0 Å². The molecular formula is C16H23N3S2. The maximum absolute atomic E-state index is 4.57. The Hall–Kier alpha value is -0.780. The summed E-state index contributed by atoms with van der Waals surface area (Å²) in [5.41, 5.74) is 0. The van der Waals surface area contributed by atoms with Crippen LogP contribution in [0.1, 0.15) is 42.4 Å². The van der Waals surface area contributed by atoms with Crippen molar-refractivity contribution >= 4 is 23.1 Å². The highest BCUT2D eigenvalue weighted by Crippen LogP contribution is 2.40. The summed E-state index contributed by atoms with van der Waals surface area (Å²) in [6, 6.07) is 4.53. The first-order chi connectivity index (χ1) is 10.2. The molecule has 3 rings (SSSR count). The zero-order chi connectivity index (χ0) is 14.7. The Kier molecular flexibility index (Phi) is 4.72. The van der Waals surface area contributed by atoms with E-state index in [0.717, 1.165) is 12.4 Å².